The molecule has 0 aliphatic rings. The number of anilines is 1. The van der Waals surface area contributed by atoms with E-state index in [0.717, 1.165) is 11.3 Å². The van der Waals surface area contributed by atoms with Crippen LogP contribution in [0.4, 0.5) is 5.69 Å². The van der Waals surface area contributed by atoms with E-state index in [2.05, 4.69) is 20.3 Å². The van der Waals surface area contributed by atoms with Gasteiger partial charge in [0.05, 0.1) is 29.6 Å². The summed E-state index contributed by atoms with van der Waals surface area (Å²) < 4.78 is 1.31. The maximum Gasteiger partial charge on any atom is 0.254 e. The summed E-state index contributed by atoms with van der Waals surface area (Å²) in [6.45, 7) is 0.332. The second kappa shape index (κ2) is 13.0. The van der Waals surface area contributed by atoms with Crippen LogP contribution in [0.2, 0.25) is 5.02 Å². The number of aromatic nitrogens is 4. The quantitative estimate of drug-likeness (QED) is 0.151. The van der Waals surface area contributed by atoms with Crippen molar-refractivity contribution in [3.8, 4) is 11.3 Å². The standard InChI is InChI=1S/C27H26Cl2N8O2/c28-19-6-7-23(37(31)16-25(29)30)21(13-19)22-14-26(38)36(17-35-22)24(12-18-4-2-1-3-5-18)27(39)34-9-8-20-15-32-10-11-33-20/h1-7,10-11,13-17,24H,8-9,12,30-31H2,(H,34,39)/b25-16-. The largest absolute Gasteiger partial charge is 0.388 e. The van der Waals surface area contributed by atoms with Gasteiger partial charge in [0.15, 0.2) is 0 Å². The molecule has 10 nitrogen and oxygen atoms in total. The lowest BCUT2D eigenvalue weighted by atomic mass is 10.0. The molecule has 0 aliphatic carbocycles. The number of hydrogen-bond donors (Lipinski definition) is 3. The molecule has 4 aromatic rings. The zero-order valence-corrected chi connectivity index (χ0v) is 22.3. The normalized spacial score (nSPS) is 12.1. The number of amides is 1. The monoisotopic (exact) mass is 564 g/mol. The molecular formula is C27H26Cl2N8O2. The molecular weight excluding hydrogens is 539 g/mol. The first-order valence-electron chi connectivity index (χ1n) is 11.9. The van der Waals surface area contributed by atoms with Crippen molar-refractivity contribution < 1.29 is 4.79 Å². The summed E-state index contributed by atoms with van der Waals surface area (Å²) in [5.74, 6) is 5.77. The highest BCUT2D eigenvalue weighted by molar-refractivity contribution is 6.31. The van der Waals surface area contributed by atoms with Gasteiger partial charge in [0.2, 0.25) is 5.91 Å². The average Bonchev–Trinajstić information content (AvgIpc) is 2.92. The first-order chi connectivity index (χ1) is 18.8. The van der Waals surface area contributed by atoms with Crippen LogP contribution < -0.4 is 27.5 Å². The van der Waals surface area contributed by atoms with Crippen LogP contribution in [0.5, 0.6) is 0 Å². The summed E-state index contributed by atoms with van der Waals surface area (Å²) in [6.07, 6.45) is 8.28. The van der Waals surface area contributed by atoms with Gasteiger partial charge in [-0.25, -0.2) is 10.8 Å². The SMILES string of the molecule is N/C(Cl)=C\N(N)c1ccc(Cl)cc1-c1cc(=O)n(C(Cc2ccccc2)C(=O)NCCc2cnccn2)cn1. The van der Waals surface area contributed by atoms with E-state index in [1.165, 1.54) is 28.2 Å². The van der Waals surface area contributed by atoms with Crippen molar-refractivity contribution in [1.82, 2.24) is 24.8 Å². The lowest BCUT2D eigenvalue weighted by Gasteiger charge is -2.21. The number of benzene rings is 2. The zero-order valence-electron chi connectivity index (χ0n) is 20.7. The van der Waals surface area contributed by atoms with E-state index in [1.807, 2.05) is 30.3 Å². The molecule has 0 saturated heterocycles. The van der Waals surface area contributed by atoms with Crippen LogP contribution in [0, 0.1) is 0 Å². The lowest BCUT2D eigenvalue weighted by molar-refractivity contribution is -0.124. The molecule has 2 aromatic carbocycles. The Labute approximate surface area is 234 Å². The van der Waals surface area contributed by atoms with E-state index in [4.69, 9.17) is 34.8 Å². The average molecular weight is 565 g/mol. The molecule has 0 radical (unpaired) electrons. The molecule has 0 fully saturated rings. The Morgan fingerprint density at radius 1 is 1.13 bits per heavy atom. The third-order valence-corrected chi connectivity index (χ3v) is 6.15. The molecule has 1 unspecified atom stereocenters. The highest BCUT2D eigenvalue weighted by atomic mass is 35.5. The summed E-state index contributed by atoms with van der Waals surface area (Å²) in [6, 6.07) is 14.9. The predicted octanol–water partition coefficient (Wildman–Crippen LogP) is 3.17. The van der Waals surface area contributed by atoms with Crippen LogP contribution >= 0.6 is 23.2 Å². The van der Waals surface area contributed by atoms with E-state index in [-0.39, 0.29) is 17.5 Å². The molecule has 0 spiro atoms. The predicted molar refractivity (Wildman–Crippen MR) is 152 cm³/mol. The van der Waals surface area contributed by atoms with Gasteiger partial charge in [0, 0.05) is 54.6 Å². The van der Waals surface area contributed by atoms with Gasteiger partial charge in [0.1, 0.15) is 11.2 Å². The fourth-order valence-corrected chi connectivity index (χ4v) is 4.26. The van der Waals surface area contributed by atoms with Crippen LogP contribution in [0.3, 0.4) is 0 Å². The van der Waals surface area contributed by atoms with Gasteiger partial charge >= 0.3 is 0 Å². The van der Waals surface area contributed by atoms with Crippen LogP contribution in [0.1, 0.15) is 17.3 Å². The highest BCUT2D eigenvalue weighted by Crippen LogP contribution is 2.31. The van der Waals surface area contributed by atoms with E-state index >= 15 is 0 Å². The van der Waals surface area contributed by atoms with Crippen molar-refractivity contribution in [2.24, 2.45) is 11.6 Å². The number of hydrazine groups is 1. The maximum absolute atomic E-state index is 13.4. The highest BCUT2D eigenvalue weighted by Gasteiger charge is 2.23. The molecule has 1 atom stereocenters. The number of carbonyl (C=O) groups is 1. The van der Waals surface area contributed by atoms with Crippen molar-refractivity contribution in [2.75, 3.05) is 11.6 Å². The van der Waals surface area contributed by atoms with Crippen LogP contribution in [-0.4, -0.2) is 32.0 Å². The minimum atomic E-state index is -0.841. The van der Waals surface area contributed by atoms with Crippen LogP contribution in [0.15, 0.2) is 95.7 Å². The second-order valence-corrected chi connectivity index (χ2v) is 9.42. The first-order valence-corrected chi connectivity index (χ1v) is 12.7. The molecule has 200 valence electrons. The Morgan fingerprint density at radius 3 is 2.62 bits per heavy atom. The van der Waals surface area contributed by atoms with Crippen molar-refractivity contribution >= 4 is 34.8 Å². The molecule has 12 heteroatoms. The van der Waals surface area contributed by atoms with Gasteiger partial charge in [-0.15, -0.1) is 0 Å². The molecule has 0 aliphatic heterocycles. The molecule has 5 N–H and O–H groups in total. The summed E-state index contributed by atoms with van der Waals surface area (Å²) >= 11 is 12.0. The minimum Gasteiger partial charge on any atom is -0.388 e. The molecule has 39 heavy (non-hydrogen) atoms. The van der Waals surface area contributed by atoms with E-state index < -0.39 is 11.6 Å². The van der Waals surface area contributed by atoms with Crippen LogP contribution in [0.25, 0.3) is 11.3 Å². The lowest BCUT2D eigenvalue weighted by Crippen LogP contribution is -2.39. The van der Waals surface area contributed by atoms with E-state index in [1.54, 1.807) is 36.8 Å². The number of nitrogens with one attached hydrogen (secondary N) is 1. The summed E-state index contributed by atoms with van der Waals surface area (Å²) in [5, 5.41) is 4.51. The maximum atomic E-state index is 13.4. The Bertz CT molecular complexity index is 1510. The van der Waals surface area contributed by atoms with Crippen molar-refractivity contribution in [1.29, 1.82) is 0 Å². The third kappa shape index (κ3) is 7.41. The fraction of sp³-hybridized carbons (Fsp3) is 0.148. The van der Waals surface area contributed by atoms with Crippen molar-refractivity contribution in [2.45, 2.75) is 18.9 Å². The molecule has 4 rings (SSSR count). The number of nitrogens with two attached hydrogens (primary N) is 2. The summed E-state index contributed by atoms with van der Waals surface area (Å²) in [5.41, 5.74) is 8.03. The number of halogens is 2. The molecule has 0 bridgehead atoms. The van der Waals surface area contributed by atoms with E-state index in [0.29, 0.717) is 34.9 Å². The van der Waals surface area contributed by atoms with Gasteiger partial charge in [-0.2, -0.15) is 0 Å². The molecule has 2 heterocycles. The zero-order chi connectivity index (χ0) is 27.8. The number of rotatable bonds is 10. The number of carbonyl (C=O) groups excluding carboxylic acids is 1. The van der Waals surface area contributed by atoms with Gasteiger partial charge in [0.25, 0.3) is 5.56 Å². The Hall–Kier alpha value is -4.25. The molecule has 1 amide bonds. The minimum absolute atomic E-state index is 0.0316. The smallest absolute Gasteiger partial charge is 0.254 e. The Balaban J connectivity index is 1.64. The van der Waals surface area contributed by atoms with Crippen molar-refractivity contribution in [3.63, 3.8) is 0 Å². The van der Waals surface area contributed by atoms with Gasteiger partial charge in [-0.1, -0.05) is 53.5 Å². The first kappa shape index (κ1) is 27.8. The van der Waals surface area contributed by atoms with Gasteiger partial charge in [-0.3, -0.25) is 29.1 Å². The van der Waals surface area contributed by atoms with E-state index in [9.17, 15) is 9.59 Å². The third-order valence-electron chi connectivity index (χ3n) is 5.82. The second-order valence-electron chi connectivity index (χ2n) is 8.55. The fourth-order valence-electron chi connectivity index (χ4n) is 3.98. The topological polar surface area (TPSA) is 145 Å². The van der Waals surface area contributed by atoms with Gasteiger partial charge < -0.3 is 11.1 Å². The molecule has 0 saturated carbocycles. The Kier molecular flexibility index (Phi) is 9.27. The van der Waals surface area contributed by atoms with Crippen LogP contribution in [-0.2, 0) is 17.6 Å². The summed E-state index contributed by atoms with van der Waals surface area (Å²) in [7, 11) is 0. The molecule has 2 aromatic heterocycles. The summed E-state index contributed by atoms with van der Waals surface area (Å²) in [4.78, 5) is 39.5. The van der Waals surface area contributed by atoms with Gasteiger partial charge in [-0.05, 0) is 23.8 Å². The van der Waals surface area contributed by atoms with Crippen molar-refractivity contribution in [3.05, 3.63) is 118 Å². The Morgan fingerprint density at radius 2 is 1.92 bits per heavy atom. The number of hydrogen-bond acceptors (Lipinski definition) is 8. The number of nitrogens with zero attached hydrogens (tertiary/aromatic N) is 5.